The molecule has 5 heteroatoms. The number of likely N-dealkylation sites (tertiary alicyclic amines) is 1. The predicted molar refractivity (Wildman–Crippen MR) is 88.4 cm³/mol. The number of ether oxygens (including phenoxy) is 2. The highest BCUT2D eigenvalue weighted by Crippen LogP contribution is 2.30. The fourth-order valence-electron chi connectivity index (χ4n) is 2.84. The SMILES string of the molecule is COc1cc(CN2CCC(N)C(C)(C)C2)cc(OC)c1.Cl. The van der Waals surface area contributed by atoms with Gasteiger partial charge in [-0.3, -0.25) is 4.90 Å². The first kappa shape index (κ1) is 18.1. The molecule has 1 heterocycles. The van der Waals surface area contributed by atoms with Crippen molar-refractivity contribution in [1.29, 1.82) is 0 Å². The number of hydrogen-bond acceptors (Lipinski definition) is 4. The molecule has 0 aliphatic carbocycles. The lowest BCUT2D eigenvalue weighted by Crippen LogP contribution is -2.52. The van der Waals surface area contributed by atoms with E-state index in [0.717, 1.165) is 37.6 Å². The largest absolute Gasteiger partial charge is 0.497 e. The molecule has 1 aromatic carbocycles. The summed E-state index contributed by atoms with van der Waals surface area (Å²) in [5.74, 6) is 1.68. The van der Waals surface area contributed by atoms with Gasteiger partial charge in [-0.05, 0) is 29.5 Å². The molecule has 0 radical (unpaired) electrons. The lowest BCUT2D eigenvalue weighted by molar-refractivity contribution is 0.0898. The van der Waals surface area contributed by atoms with Gasteiger partial charge in [-0.15, -0.1) is 12.4 Å². The Morgan fingerprint density at radius 2 is 1.76 bits per heavy atom. The second-order valence-corrected chi connectivity index (χ2v) is 6.32. The van der Waals surface area contributed by atoms with Gasteiger partial charge in [0.05, 0.1) is 14.2 Å². The number of piperidine rings is 1. The zero-order valence-corrected chi connectivity index (χ0v) is 14.2. The van der Waals surface area contributed by atoms with E-state index in [-0.39, 0.29) is 17.8 Å². The maximum Gasteiger partial charge on any atom is 0.122 e. The van der Waals surface area contributed by atoms with Crippen LogP contribution in [-0.2, 0) is 6.54 Å². The van der Waals surface area contributed by atoms with Crippen LogP contribution in [0.15, 0.2) is 18.2 Å². The third kappa shape index (κ3) is 4.50. The molecule has 1 unspecified atom stereocenters. The third-order valence-electron chi connectivity index (χ3n) is 4.21. The van der Waals surface area contributed by atoms with Crippen LogP contribution in [0.5, 0.6) is 11.5 Å². The van der Waals surface area contributed by atoms with E-state index in [0.29, 0.717) is 6.04 Å². The van der Waals surface area contributed by atoms with Crippen LogP contribution >= 0.6 is 12.4 Å². The molecule has 1 aliphatic heterocycles. The summed E-state index contributed by atoms with van der Waals surface area (Å²) in [6, 6.07) is 6.34. The van der Waals surface area contributed by atoms with E-state index in [1.54, 1.807) is 14.2 Å². The summed E-state index contributed by atoms with van der Waals surface area (Å²) >= 11 is 0. The first-order valence-corrected chi connectivity index (χ1v) is 7.14. The molecule has 120 valence electrons. The zero-order valence-electron chi connectivity index (χ0n) is 13.4. The van der Waals surface area contributed by atoms with Crippen LogP contribution in [-0.4, -0.2) is 38.3 Å². The molecule has 2 rings (SSSR count). The standard InChI is InChI=1S/C16H26N2O2.ClH/c1-16(2)11-18(6-5-15(16)17)10-12-7-13(19-3)9-14(8-12)20-4;/h7-9,15H,5-6,10-11,17H2,1-4H3;1H. The van der Waals surface area contributed by atoms with Crippen molar-refractivity contribution < 1.29 is 9.47 Å². The van der Waals surface area contributed by atoms with E-state index in [2.05, 4.69) is 30.9 Å². The van der Waals surface area contributed by atoms with E-state index in [1.807, 2.05) is 6.07 Å². The Labute approximate surface area is 134 Å². The van der Waals surface area contributed by atoms with Crippen LogP contribution in [0.25, 0.3) is 0 Å². The van der Waals surface area contributed by atoms with Gasteiger partial charge in [0.15, 0.2) is 0 Å². The quantitative estimate of drug-likeness (QED) is 0.928. The highest BCUT2D eigenvalue weighted by molar-refractivity contribution is 5.85. The van der Waals surface area contributed by atoms with Gasteiger partial charge in [0.2, 0.25) is 0 Å². The Morgan fingerprint density at radius 1 is 1.19 bits per heavy atom. The van der Waals surface area contributed by atoms with Crippen molar-refractivity contribution in [3.63, 3.8) is 0 Å². The van der Waals surface area contributed by atoms with Crippen molar-refractivity contribution in [2.75, 3.05) is 27.3 Å². The van der Waals surface area contributed by atoms with Gasteiger partial charge in [-0.2, -0.15) is 0 Å². The van der Waals surface area contributed by atoms with Crippen LogP contribution in [0.3, 0.4) is 0 Å². The minimum Gasteiger partial charge on any atom is -0.497 e. The number of halogens is 1. The van der Waals surface area contributed by atoms with Crippen LogP contribution in [0.1, 0.15) is 25.8 Å². The fourth-order valence-corrected chi connectivity index (χ4v) is 2.84. The topological polar surface area (TPSA) is 47.7 Å². The molecule has 1 fully saturated rings. The summed E-state index contributed by atoms with van der Waals surface area (Å²) in [4.78, 5) is 2.46. The number of methoxy groups -OCH3 is 2. The van der Waals surface area contributed by atoms with Gasteiger partial charge in [-0.25, -0.2) is 0 Å². The van der Waals surface area contributed by atoms with E-state index >= 15 is 0 Å². The number of hydrogen-bond donors (Lipinski definition) is 1. The van der Waals surface area contributed by atoms with Crippen molar-refractivity contribution in [3.8, 4) is 11.5 Å². The third-order valence-corrected chi connectivity index (χ3v) is 4.21. The second-order valence-electron chi connectivity index (χ2n) is 6.32. The smallest absolute Gasteiger partial charge is 0.122 e. The maximum absolute atomic E-state index is 6.19. The molecule has 0 saturated carbocycles. The van der Waals surface area contributed by atoms with Gasteiger partial charge in [0.1, 0.15) is 11.5 Å². The van der Waals surface area contributed by atoms with Gasteiger partial charge in [0, 0.05) is 31.7 Å². The van der Waals surface area contributed by atoms with Gasteiger partial charge in [0.25, 0.3) is 0 Å². The Bertz CT molecular complexity index is 443. The van der Waals surface area contributed by atoms with Crippen LogP contribution in [0.2, 0.25) is 0 Å². The molecule has 2 N–H and O–H groups in total. The molecule has 0 spiro atoms. The first-order valence-electron chi connectivity index (χ1n) is 7.14. The Morgan fingerprint density at radius 3 is 2.24 bits per heavy atom. The van der Waals surface area contributed by atoms with Crippen molar-refractivity contribution >= 4 is 12.4 Å². The van der Waals surface area contributed by atoms with Crippen molar-refractivity contribution in [1.82, 2.24) is 4.90 Å². The summed E-state index contributed by atoms with van der Waals surface area (Å²) < 4.78 is 10.7. The molecule has 4 nitrogen and oxygen atoms in total. The van der Waals surface area contributed by atoms with E-state index in [9.17, 15) is 0 Å². The molecular weight excluding hydrogens is 288 g/mol. The van der Waals surface area contributed by atoms with Crippen LogP contribution in [0.4, 0.5) is 0 Å². The minimum absolute atomic E-state index is 0. The molecule has 1 atom stereocenters. The van der Waals surface area contributed by atoms with Gasteiger partial charge < -0.3 is 15.2 Å². The summed E-state index contributed by atoms with van der Waals surface area (Å²) in [7, 11) is 3.36. The average molecular weight is 315 g/mol. The molecule has 21 heavy (non-hydrogen) atoms. The Hall–Kier alpha value is -0.970. The van der Waals surface area contributed by atoms with Crippen molar-refractivity contribution in [2.45, 2.75) is 32.9 Å². The van der Waals surface area contributed by atoms with E-state index < -0.39 is 0 Å². The predicted octanol–water partition coefficient (Wildman–Crippen LogP) is 2.68. The lowest BCUT2D eigenvalue weighted by Gasteiger charge is -2.42. The fraction of sp³-hybridized carbons (Fsp3) is 0.625. The summed E-state index contributed by atoms with van der Waals surface area (Å²) in [6.45, 7) is 7.47. The molecule has 0 amide bonds. The highest BCUT2D eigenvalue weighted by atomic mass is 35.5. The van der Waals surface area contributed by atoms with E-state index in [1.165, 1.54) is 5.56 Å². The van der Waals surface area contributed by atoms with Crippen LogP contribution < -0.4 is 15.2 Å². The molecular formula is C16H27ClN2O2. The highest BCUT2D eigenvalue weighted by Gasteiger charge is 2.33. The number of nitrogens with zero attached hydrogens (tertiary/aromatic N) is 1. The number of nitrogens with two attached hydrogens (primary N) is 1. The lowest BCUT2D eigenvalue weighted by atomic mass is 9.79. The molecule has 1 aliphatic rings. The molecule has 0 bridgehead atoms. The van der Waals surface area contributed by atoms with Crippen LogP contribution in [0, 0.1) is 5.41 Å². The molecule has 1 saturated heterocycles. The maximum atomic E-state index is 6.19. The summed E-state index contributed by atoms with van der Waals surface area (Å²) in [5, 5.41) is 0. The second kappa shape index (κ2) is 7.34. The zero-order chi connectivity index (χ0) is 14.8. The number of rotatable bonds is 4. The Balaban J connectivity index is 0.00000220. The average Bonchev–Trinajstić information content (AvgIpc) is 2.42. The normalized spacial score (nSPS) is 21.5. The minimum atomic E-state index is 0. The van der Waals surface area contributed by atoms with Crippen molar-refractivity contribution in [3.05, 3.63) is 23.8 Å². The van der Waals surface area contributed by atoms with Gasteiger partial charge in [-0.1, -0.05) is 13.8 Å². The molecule has 0 aromatic heterocycles. The van der Waals surface area contributed by atoms with Crippen molar-refractivity contribution in [2.24, 2.45) is 11.1 Å². The van der Waals surface area contributed by atoms with Gasteiger partial charge >= 0.3 is 0 Å². The van der Waals surface area contributed by atoms with E-state index in [4.69, 9.17) is 15.2 Å². The first-order chi connectivity index (χ1) is 9.44. The molecule has 1 aromatic rings. The summed E-state index contributed by atoms with van der Waals surface area (Å²) in [5.41, 5.74) is 7.58. The summed E-state index contributed by atoms with van der Waals surface area (Å²) in [6.07, 6.45) is 1.05. The number of benzene rings is 1. The Kier molecular flexibility index (Phi) is 6.32. The monoisotopic (exact) mass is 314 g/mol.